The van der Waals surface area contributed by atoms with Crippen LogP contribution in [0, 0.1) is 5.82 Å². The van der Waals surface area contributed by atoms with Crippen LogP contribution in [0.2, 0.25) is 0 Å². The van der Waals surface area contributed by atoms with E-state index in [0.29, 0.717) is 31.6 Å². The molecule has 2 aromatic carbocycles. The molecule has 4 amide bonds. The minimum absolute atomic E-state index is 0.0408. The number of halogens is 1. The summed E-state index contributed by atoms with van der Waals surface area (Å²) in [6, 6.07) is 14.4. The summed E-state index contributed by atoms with van der Waals surface area (Å²) in [4.78, 5) is 42.5. The molecule has 2 aliphatic heterocycles. The highest BCUT2D eigenvalue weighted by Gasteiger charge is 2.42. The van der Waals surface area contributed by atoms with Crippen molar-refractivity contribution in [3.8, 4) is 5.75 Å². The molecule has 8 heteroatoms. The monoisotopic (exact) mass is 425 g/mol. The van der Waals surface area contributed by atoms with Gasteiger partial charge in [0.25, 0.3) is 11.8 Å². The van der Waals surface area contributed by atoms with Gasteiger partial charge in [-0.1, -0.05) is 30.3 Å². The number of anilines is 1. The third-order valence-corrected chi connectivity index (χ3v) is 5.71. The van der Waals surface area contributed by atoms with E-state index in [0.717, 1.165) is 0 Å². The second kappa shape index (κ2) is 8.75. The molecular weight excluding hydrogens is 401 g/mol. The fourth-order valence-corrected chi connectivity index (χ4v) is 4.07. The number of rotatable bonds is 5. The van der Waals surface area contributed by atoms with Gasteiger partial charge in [0.2, 0.25) is 0 Å². The molecule has 162 valence electrons. The maximum Gasteiger partial charge on any atom is 0.332 e. The van der Waals surface area contributed by atoms with Gasteiger partial charge >= 0.3 is 6.03 Å². The van der Waals surface area contributed by atoms with Crippen LogP contribution in [0.3, 0.4) is 0 Å². The average Bonchev–Trinajstić information content (AvgIpc) is 3.09. The third kappa shape index (κ3) is 4.23. The Labute approximate surface area is 180 Å². The maximum atomic E-state index is 13.8. The van der Waals surface area contributed by atoms with Crippen LogP contribution in [0.15, 0.2) is 54.6 Å². The zero-order chi connectivity index (χ0) is 22.0. The molecule has 2 saturated heterocycles. The predicted molar refractivity (Wildman–Crippen MR) is 112 cm³/mol. The summed E-state index contributed by atoms with van der Waals surface area (Å²) in [7, 11) is 0. The molecule has 0 bridgehead atoms. The van der Waals surface area contributed by atoms with Crippen molar-refractivity contribution >= 4 is 23.5 Å². The van der Waals surface area contributed by atoms with Crippen molar-refractivity contribution in [1.29, 1.82) is 0 Å². The minimum atomic E-state index is -0.822. The van der Waals surface area contributed by atoms with Crippen molar-refractivity contribution < 1.29 is 23.5 Å². The van der Waals surface area contributed by atoms with Crippen molar-refractivity contribution in [2.75, 3.05) is 24.5 Å². The van der Waals surface area contributed by atoms with E-state index in [4.69, 9.17) is 4.74 Å². The molecule has 4 rings (SSSR count). The van der Waals surface area contributed by atoms with E-state index >= 15 is 0 Å². The highest BCUT2D eigenvalue weighted by atomic mass is 19.1. The van der Waals surface area contributed by atoms with Gasteiger partial charge in [-0.3, -0.25) is 9.59 Å². The molecule has 2 fully saturated rings. The van der Waals surface area contributed by atoms with Crippen LogP contribution in [-0.2, 0) is 9.59 Å². The number of nitrogens with zero attached hydrogens (tertiary/aromatic N) is 3. The highest BCUT2D eigenvalue weighted by molar-refractivity contribution is 6.19. The molecule has 0 aromatic heterocycles. The number of para-hydroxylation sites is 2. The van der Waals surface area contributed by atoms with Gasteiger partial charge in [-0.25, -0.2) is 14.1 Å². The largest absolute Gasteiger partial charge is 0.478 e. The Morgan fingerprint density at radius 1 is 1.03 bits per heavy atom. The number of carbonyl (C=O) groups excluding carboxylic acids is 3. The number of piperidine rings is 1. The molecule has 2 aliphatic rings. The molecule has 31 heavy (non-hydrogen) atoms. The summed E-state index contributed by atoms with van der Waals surface area (Å²) < 4.78 is 19.3. The molecule has 2 aromatic rings. The third-order valence-electron chi connectivity index (χ3n) is 5.71. The Hall–Kier alpha value is -3.42. The van der Waals surface area contributed by atoms with Crippen molar-refractivity contribution in [2.45, 2.75) is 31.9 Å². The number of benzene rings is 2. The minimum Gasteiger partial charge on any atom is -0.478 e. The number of likely N-dealkylation sites (tertiary alicyclic amines) is 1. The van der Waals surface area contributed by atoms with Crippen LogP contribution in [0.25, 0.3) is 0 Å². The van der Waals surface area contributed by atoms with Gasteiger partial charge in [0.1, 0.15) is 6.54 Å². The summed E-state index contributed by atoms with van der Waals surface area (Å²) in [5.74, 6) is -0.945. The Bertz CT molecular complexity index is 976. The van der Waals surface area contributed by atoms with E-state index in [9.17, 15) is 18.8 Å². The second-order valence-electron chi connectivity index (χ2n) is 7.72. The van der Waals surface area contributed by atoms with E-state index < -0.39 is 11.9 Å². The Balaban J connectivity index is 1.34. The first-order valence-electron chi connectivity index (χ1n) is 10.3. The highest BCUT2D eigenvalue weighted by Crippen LogP contribution is 2.27. The Morgan fingerprint density at radius 3 is 2.35 bits per heavy atom. The molecule has 7 nitrogen and oxygen atoms in total. The number of amides is 4. The van der Waals surface area contributed by atoms with Crippen LogP contribution in [0.5, 0.6) is 5.75 Å². The number of ether oxygens (including phenoxy) is 1. The van der Waals surface area contributed by atoms with E-state index in [1.54, 1.807) is 53.1 Å². The van der Waals surface area contributed by atoms with Crippen LogP contribution >= 0.6 is 0 Å². The zero-order valence-corrected chi connectivity index (χ0v) is 17.2. The van der Waals surface area contributed by atoms with Gasteiger partial charge in [0.15, 0.2) is 17.7 Å². The smallest absolute Gasteiger partial charge is 0.332 e. The molecular formula is C23H24FN3O4. The summed E-state index contributed by atoms with van der Waals surface area (Å²) >= 11 is 0. The van der Waals surface area contributed by atoms with Crippen LogP contribution in [0.1, 0.15) is 19.8 Å². The number of hydrogen-bond donors (Lipinski definition) is 0. The molecule has 0 spiro atoms. The molecule has 0 radical (unpaired) electrons. The molecule has 1 unspecified atom stereocenters. The number of urea groups is 1. The van der Waals surface area contributed by atoms with Gasteiger partial charge < -0.3 is 14.5 Å². The van der Waals surface area contributed by atoms with Gasteiger partial charge in [-0.05, 0) is 44.0 Å². The Kier molecular flexibility index (Phi) is 5.88. The van der Waals surface area contributed by atoms with Gasteiger partial charge in [0, 0.05) is 19.1 Å². The topological polar surface area (TPSA) is 70.2 Å². The van der Waals surface area contributed by atoms with Crippen molar-refractivity contribution in [2.24, 2.45) is 0 Å². The zero-order valence-electron chi connectivity index (χ0n) is 17.2. The molecule has 0 N–H and O–H groups in total. The van der Waals surface area contributed by atoms with E-state index in [1.807, 2.05) is 6.07 Å². The fraction of sp³-hybridized carbons (Fsp3) is 0.348. The predicted octanol–water partition coefficient (Wildman–Crippen LogP) is 3.05. The first kappa shape index (κ1) is 20.8. The second-order valence-corrected chi connectivity index (χ2v) is 7.72. The maximum absolute atomic E-state index is 13.8. The van der Waals surface area contributed by atoms with Gasteiger partial charge in [-0.2, -0.15) is 0 Å². The summed E-state index contributed by atoms with van der Waals surface area (Å²) in [5.41, 5.74) is 0.562. The van der Waals surface area contributed by atoms with Gasteiger partial charge in [-0.15, -0.1) is 0 Å². The Morgan fingerprint density at radius 2 is 1.68 bits per heavy atom. The lowest BCUT2D eigenvalue weighted by atomic mass is 10.0. The van der Waals surface area contributed by atoms with E-state index in [2.05, 4.69) is 0 Å². The van der Waals surface area contributed by atoms with Crippen LogP contribution < -0.4 is 9.64 Å². The van der Waals surface area contributed by atoms with E-state index in [-0.39, 0.29) is 36.2 Å². The van der Waals surface area contributed by atoms with Gasteiger partial charge in [0.05, 0.1) is 5.69 Å². The normalized spacial score (nSPS) is 18.5. The fourth-order valence-electron chi connectivity index (χ4n) is 4.07. The number of carbonyl (C=O) groups is 3. The van der Waals surface area contributed by atoms with Crippen LogP contribution in [-0.4, -0.2) is 59.4 Å². The molecule has 0 aliphatic carbocycles. The SMILES string of the molecule is CC(Oc1ccccc1F)C(=O)N1CCC(N2CC(=O)N(c3ccccc3)C2=O)CC1. The number of hydrogen-bond acceptors (Lipinski definition) is 4. The lowest BCUT2D eigenvalue weighted by molar-refractivity contribution is -0.139. The summed E-state index contributed by atoms with van der Waals surface area (Å²) in [5, 5.41) is 0. The lowest BCUT2D eigenvalue weighted by Gasteiger charge is -2.37. The molecule has 2 heterocycles. The average molecular weight is 425 g/mol. The molecule has 1 atom stereocenters. The van der Waals surface area contributed by atoms with Crippen LogP contribution in [0.4, 0.5) is 14.9 Å². The standard InChI is InChI=1S/C23H24FN3O4/c1-16(31-20-10-6-5-9-19(20)24)22(29)25-13-11-17(12-14-25)26-15-21(28)27(23(26)30)18-7-3-2-4-8-18/h2-10,16-17H,11-15H2,1H3. The lowest BCUT2D eigenvalue weighted by Crippen LogP contribution is -2.50. The van der Waals surface area contributed by atoms with E-state index in [1.165, 1.54) is 17.0 Å². The first-order valence-corrected chi connectivity index (χ1v) is 10.3. The van der Waals surface area contributed by atoms with Crippen molar-refractivity contribution in [3.63, 3.8) is 0 Å². The summed E-state index contributed by atoms with van der Waals surface area (Å²) in [6.07, 6.45) is 0.316. The van der Waals surface area contributed by atoms with Crippen molar-refractivity contribution in [1.82, 2.24) is 9.80 Å². The first-order chi connectivity index (χ1) is 15.0. The van der Waals surface area contributed by atoms with Crippen molar-refractivity contribution in [3.05, 3.63) is 60.4 Å². The quantitative estimate of drug-likeness (QED) is 0.691. The number of imide groups is 1. The molecule has 0 saturated carbocycles. The summed E-state index contributed by atoms with van der Waals surface area (Å²) in [6.45, 7) is 2.52.